The van der Waals surface area contributed by atoms with Crippen LogP contribution in [0.5, 0.6) is 0 Å². The third-order valence-corrected chi connectivity index (χ3v) is 3.15. The number of rotatable bonds is 3. The van der Waals surface area contributed by atoms with Gasteiger partial charge in [0.25, 0.3) is 0 Å². The fourth-order valence-electron chi connectivity index (χ4n) is 2.17. The molecule has 3 rings (SSSR count). The van der Waals surface area contributed by atoms with Crippen molar-refractivity contribution in [2.24, 2.45) is 5.73 Å². The maximum absolute atomic E-state index is 6.18. The van der Waals surface area contributed by atoms with Crippen LogP contribution in [0.3, 0.4) is 0 Å². The summed E-state index contributed by atoms with van der Waals surface area (Å²) in [7, 11) is 0. The summed E-state index contributed by atoms with van der Waals surface area (Å²) in [6, 6.07) is 12.0. The summed E-state index contributed by atoms with van der Waals surface area (Å²) in [6.45, 7) is 0. The quantitative estimate of drug-likeness (QED) is 0.763. The van der Waals surface area contributed by atoms with Crippen LogP contribution < -0.4 is 5.73 Å². The zero-order valence-electron chi connectivity index (χ0n) is 9.91. The number of nitrogens with zero attached hydrogens (tertiary/aromatic N) is 1. The predicted molar refractivity (Wildman–Crippen MR) is 71.1 cm³/mol. The molecule has 0 amide bonds. The minimum Gasteiger partial charge on any atom is -0.472 e. The van der Waals surface area contributed by atoms with Crippen LogP contribution in [0.25, 0.3) is 10.9 Å². The van der Waals surface area contributed by atoms with Gasteiger partial charge in [-0.1, -0.05) is 18.2 Å². The Morgan fingerprint density at radius 2 is 2.06 bits per heavy atom. The summed E-state index contributed by atoms with van der Waals surface area (Å²) in [5, 5.41) is 1.17. The number of hydrogen-bond donors (Lipinski definition) is 1. The van der Waals surface area contributed by atoms with E-state index >= 15 is 0 Å². The Balaban J connectivity index is 1.95. The van der Waals surface area contributed by atoms with Gasteiger partial charge in [0.2, 0.25) is 0 Å². The molecular formula is C15H14N2O. The minimum atomic E-state index is -0.0467. The largest absolute Gasteiger partial charge is 0.472 e. The van der Waals surface area contributed by atoms with Crippen molar-refractivity contribution in [3.63, 3.8) is 0 Å². The highest BCUT2D eigenvalue weighted by molar-refractivity contribution is 5.81. The maximum atomic E-state index is 6.18. The van der Waals surface area contributed by atoms with E-state index in [4.69, 9.17) is 10.2 Å². The number of hydrogen-bond acceptors (Lipinski definition) is 3. The Bertz CT molecular complexity index is 641. The van der Waals surface area contributed by atoms with E-state index in [1.807, 2.05) is 36.5 Å². The van der Waals surface area contributed by atoms with Crippen molar-refractivity contribution < 1.29 is 4.42 Å². The highest BCUT2D eigenvalue weighted by Crippen LogP contribution is 2.22. The number of furan rings is 1. The molecule has 2 heterocycles. The molecule has 3 aromatic rings. The number of benzene rings is 1. The molecule has 1 unspecified atom stereocenters. The molecule has 2 aromatic heterocycles. The molecule has 0 spiro atoms. The molecule has 0 aliphatic rings. The predicted octanol–water partition coefficient (Wildman–Crippen LogP) is 3.07. The molecule has 0 fully saturated rings. The van der Waals surface area contributed by atoms with Gasteiger partial charge in [0.05, 0.1) is 18.0 Å². The van der Waals surface area contributed by atoms with Gasteiger partial charge in [-0.3, -0.25) is 4.98 Å². The van der Waals surface area contributed by atoms with Crippen LogP contribution in [0.2, 0.25) is 0 Å². The Labute approximate surface area is 105 Å². The van der Waals surface area contributed by atoms with Crippen molar-refractivity contribution in [1.82, 2.24) is 4.98 Å². The summed E-state index contributed by atoms with van der Waals surface area (Å²) in [5.74, 6) is 0. The van der Waals surface area contributed by atoms with Crippen molar-refractivity contribution in [2.45, 2.75) is 12.5 Å². The lowest BCUT2D eigenvalue weighted by molar-refractivity contribution is 0.558. The number of pyridine rings is 1. The number of nitrogens with two attached hydrogens (primary N) is 1. The molecule has 3 heteroatoms. The molecule has 0 saturated carbocycles. The van der Waals surface area contributed by atoms with E-state index in [2.05, 4.69) is 11.1 Å². The third-order valence-electron chi connectivity index (χ3n) is 3.15. The van der Waals surface area contributed by atoms with Gasteiger partial charge in [0, 0.05) is 23.2 Å². The van der Waals surface area contributed by atoms with Gasteiger partial charge in [-0.05, 0) is 30.2 Å². The van der Waals surface area contributed by atoms with E-state index in [0.29, 0.717) is 0 Å². The van der Waals surface area contributed by atoms with Gasteiger partial charge in [-0.25, -0.2) is 0 Å². The normalized spacial score (nSPS) is 12.7. The van der Waals surface area contributed by atoms with Crippen LogP contribution in [-0.4, -0.2) is 4.98 Å². The third kappa shape index (κ3) is 2.00. The molecule has 0 bridgehead atoms. The second-order valence-corrected chi connectivity index (χ2v) is 4.35. The van der Waals surface area contributed by atoms with Crippen LogP contribution in [0.4, 0.5) is 0 Å². The van der Waals surface area contributed by atoms with Crippen molar-refractivity contribution in [1.29, 1.82) is 0 Å². The Kier molecular flexibility index (Phi) is 2.82. The first-order chi connectivity index (χ1) is 8.84. The molecule has 3 nitrogen and oxygen atoms in total. The Morgan fingerprint density at radius 1 is 1.17 bits per heavy atom. The van der Waals surface area contributed by atoms with Gasteiger partial charge >= 0.3 is 0 Å². The minimum absolute atomic E-state index is 0.0467. The van der Waals surface area contributed by atoms with Crippen LogP contribution >= 0.6 is 0 Å². The zero-order chi connectivity index (χ0) is 12.4. The standard InChI is InChI=1S/C15H14N2O/c16-14(12-6-8-18-10-12)9-11-5-7-17-15-4-2-1-3-13(11)15/h1-8,10,14H,9,16H2. The summed E-state index contributed by atoms with van der Waals surface area (Å²) < 4.78 is 5.07. The van der Waals surface area contributed by atoms with E-state index in [1.54, 1.807) is 12.5 Å². The fraction of sp³-hybridized carbons (Fsp3) is 0.133. The first kappa shape index (κ1) is 11.0. The van der Waals surface area contributed by atoms with Crippen LogP contribution in [-0.2, 0) is 6.42 Å². The molecule has 0 radical (unpaired) electrons. The molecule has 0 aliphatic heterocycles. The van der Waals surface area contributed by atoms with Gasteiger partial charge in [-0.2, -0.15) is 0 Å². The van der Waals surface area contributed by atoms with Crippen molar-refractivity contribution in [3.8, 4) is 0 Å². The van der Waals surface area contributed by atoms with E-state index in [0.717, 1.165) is 17.5 Å². The molecule has 2 N–H and O–H groups in total. The highest BCUT2D eigenvalue weighted by Gasteiger charge is 2.10. The summed E-state index contributed by atoms with van der Waals surface area (Å²) in [6.07, 6.45) is 5.97. The molecule has 1 atom stereocenters. The zero-order valence-corrected chi connectivity index (χ0v) is 9.91. The van der Waals surface area contributed by atoms with Crippen molar-refractivity contribution in [2.75, 3.05) is 0 Å². The lowest BCUT2D eigenvalue weighted by atomic mass is 9.99. The molecule has 0 saturated heterocycles. The highest BCUT2D eigenvalue weighted by atomic mass is 16.3. The van der Waals surface area contributed by atoms with Crippen LogP contribution in [0.15, 0.2) is 59.5 Å². The Morgan fingerprint density at radius 3 is 2.89 bits per heavy atom. The van der Waals surface area contributed by atoms with Crippen molar-refractivity contribution in [3.05, 3.63) is 66.2 Å². The van der Waals surface area contributed by atoms with E-state index < -0.39 is 0 Å². The number of para-hydroxylation sites is 1. The first-order valence-electron chi connectivity index (χ1n) is 5.95. The molecule has 18 heavy (non-hydrogen) atoms. The van der Waals surface area contributed by atoms with E-state index in [1.165, 1.54) is 10.9 Å². The van der Waals surface area contributed by atoms with Gasteiger partial charge in [0.1, 0.15) is 0 Å². The molecule has 90 valence electrons. The topological polar surface area (TPSA) is 52.0 Å². The Hall–Kier alpha value is -2.13. The molecule has 0 aliphatic carbocycles. The monoisotopic (exact) mass is 238 g/mol. The molecular weight excluding hydrogens is 224 g/mol. The number of aromatic nitrogens is 1. The first-order valence-corrected chi connectivity index (χ1v) is 5.95. The van der Waals surface area contributed by atoms with Gasteiger partial charge in [-0.15, -0.1) is 0 Å². The fourth-order valence-corrected chi connectivity index (χ4v) is 2.17. The van der Waals surface area contributed by atoms with Crippen LogP contribution in [0, 0.1) is 0 Å². The average Bonchev–Trinajstić information content (AvgIpc) is 2.93. The molecule has 1 aromatic carbocycles. The van der Waals surface area contributed by atoms with E-state index in [9.17, 15) is 0 Å². The summed E-state index contributed by atoms with van der Waals surface area (Å²) in [5.41, 5.74) is 9.43. The second kappa shape index (κ2) is 4.63. The summed E-state index contributed by atoms with van der Waals surface area (Å²) >= 11 is 0. The number of fused-ring (bicyclic) bond motifs is 1. The van der Waals surface area contributed by atoms with Gasteiger partial charge in [0.15, 0.2) is 0 Å². The lowest BCUT2D eigenvalue weighted by Gasteiger charge is -2.11. The SMILES string of the molecule is NC(Cc1ccnc2ccccc12)c1ccoc1. The van der Waals surface area contributed by atoms with Crippen LogP contribution in [0.1, 0.15) is 17.2 Å². The maximum Gasteiger partial charge on any atom is 0.0950 e. The van der Waals surface area contributed by atoms with Crippen molar-refractivity contribution >= 4 is 10.9 Å². The summed E-state index contributed by atoms with van der Waals surface area (Å²) in [4.78, 5) is 4.35. The smallest absolute Gasteiger partial charge is 0.0950 e. The van der Waals surface area contributed by atoms with Gasteiger partial charge < -0.3 is 10.2 Å². The lowest BCUT2D eigenvalue weighted by Crippen LogP contribution is -2.12. The average molecular weight is 238 g/mol. The second-order valence-electron chi connectivity index (χ2n) is 4.35. The van der Waals surface area contributed by atoms with E-state index in [-0.39, 0.29) is 6.04 Å².